The van der Waals surface area contributed by atoms with Crippen molar-refractivity contribution in [1.82, 2.24) is 15.4 Å². The van der Waals surface area contributed by atoms with E-state index >= 15 is 0 Å². The Bertz CT molecular complexity index is 1270. The largest absolute Gasteiger partial charge is 0.360 e. The zero-order valence-electron chi connectivity index (χ0n) is 20.8. The first-order valence-corrected chi connectivity index (χ1v) is 12.2. The van der Waals surface area contributed by atoms with Gasteiger partial charge in [0.15, 0.2) is 5.82 Å². The molecule has 36 heavy (non-hydrogen) atoms. The highest BCUT2D eigenvalue weighted by Crippen LogP contribution is 2.60. The van der Waals surface area contributed by atoms with E-state index in [-0.39, 0.29) is 24.2 Å². The van der Waals surface area contributed by atoms with Crippen LogP contribution in [0.4, 0.5) is 5.82 Å². The first-order chi connectivity index (χ1) is 16.8. The lowest BCUT2D eigenvalue weighted by Gasteiger charge is -2.35. The predicted molar refractivity (Wildman–Crippen MR) is 132 cm³/mol. The van der Waals surface area contributed by atoms with Gasteiger partial charge in [-0.25, -0.2) is 0 Å². The quantitative estimate of drug-likeness (QED) is 0.594. The van der Waals surface area contributed by atoms with Gasteiger partial charge < -0.3 is 24.8 Å². The standard InChI is InChI=1S/C26H29ClN4O5/c1-14-12-17(30-35-14)28-21(32)18-19-23(34)31(13-15-6-8-16(27)9-7-15)20(22(33)29-24(2,3)4)26(19)11-10-25(18,5)36-26/h6-12,18-20H,13H2,1-5H3,(H,29,33)(H,28,30,32)/t18-,19+,20+,25+,26+/m0/s1. The molecule has 0 aliphatic carbocycles. The first-order valence-electron chi connectivity index (χ1n) is 11.8. The monoisotopic (exact) mass is 512 g/mol. The van der Waals surface area contributed by atoms with Gasteiger partial charge in [0.1, 0.15) is 17.4 Å². The number of hydrogen-bond acceptors (Lipinski definition) is 6. The average molecular weight is 513 g/mol. The van der Waals surface area contributed by atoms with Crippen molar-refractivity contribution in [2.75, 3.05) is 5.32 Å². The molecule has 4 heterocycles. The molecule has 2 aromatic rings. The van der Waals surface area contributed by atoms with Crippen molar-refractivity contribution in [3.05, 3.63) is 58.8 Å². The predicted octanol–water partition coefficient (Wildman–Crippen LogP) is 3.23. The molecule has 2 saturated heterocycles. The molecule has 5 atom stereocenters. The zero-order chi connectivity index (χ0) is 26.0. The molecule has 190 valence electrons. The van der Waals surface area contributed by atoms with Gasteiger partial charge in [0.05, 0.1) is 17.4 Å². The molecule has 2 N–H and O–H groups in total. The van der Waals surface area contributed by atoms with Crippen LogP contribution in [0, 0.1) is 18.8 Å². The van der Waals surface area contributed by atoms with Crippen LogP contribution < -0.4 is 10.6 Å². The molecular weight excluding hydrogens is 484 g/mol. The Balaban J connectivity index is 1.54. The van der Waals surface area contributed by atoms with E-state index in [1.807, 2.05) is 32.9 Å². The van der Waals surface area contributed by atoms with E-state index in [4.69, 9.17) is 20.9 Å². The summed E-state index contributed by atoms with van der Waals surface area (Å²) in [6.45, 7) is 9.28. The molecule has 2 bridgehead atoms. The molecule has 9 nitrogen and oxygen atoms in total. The average Bonchev–Trinajstić information content (AvgIpc) is 3.46. The Morgan fingerprint density at radius 3 is 2.47 bits per heavy atom. The van der Waals surface area contributed by atoms with Gasteiger partial charge in [-0.15, -0.1) is 0 Å². The number of anilines is 1. The van der Waals surface area contributed by atoms with E-state index in [0.29, 0.717) is 10.8 Å². The van der Waals surface area contributed by atoms with Crippen LogP contribution in [0.3, 0.4) is 0 Å². The van der Waals surface area contributed by atoms with Gasteiger partial charge in [0.2, 0.25) is 17.7 Å². The lowest BCUT2D eigenvalue weighted by Crippen LogP contribution is -2.57. The molecule has 1 spiro atoms. The van der Waals surface area contributed by atoms with Crippen LogP contribution in [0.2, 0.25) is 5.02 Å². The lowest BCUT2D eigenvalue weighted by atomic mass is 9.70. The number of likely N-dealkylation sites (tertiary alicyclic amines) is 1. The maximum absolute atomic E-state index is 14.0. The molecule has 5 rings (SSSR count). The number of hydrogen-bond donors (Lipinski definition) is 2. The molecule has 1 aromatic heterocycles. The molecule has 10 heteroatoms. The third-order valence-electron chi connectivity index (χ3n) is 6.97. The lowest BCUT2D eigenvalue weighted by molar-refractivity contribution is -0.145. The van der Waals surface area contributed by atoms with E-state index in [2.05, 4.69) is 15.8 Å². The number of amides is 3. The molecule has 0 radical (unpaired) electrons. The number of nitrogens with zero attached hydrogens (tertiary/aromatic N) is 2. The fourth-order valence-electron chi connectivity index (χ4n) is 5.65. The number of carbonyl (C=O) groups is 3. The van der Waals surface area contributed by atoms with Gasteiger partial charge in [0.25, 0.3) is 0 Å². The minimum atomic E-state index is -1.28. The van der Waals surface area contributed by atoms with Crippen molar-refractivity contribution in [2.24, 2.45) is 11.8 Å². The molecule has 0 unspecified atom stereocenters. The molecule has 3 amide bonds. The number of aryl methyl sites for hydroxylation is 1. The second-order valence-corrected chi connectivity index (χ2v) is 11.4. The summed E-state index contributed by atoms with van der Waals surface area (Å²) in [4.78, 5) is 42.8. The summed E-state index contributed by atoms with van der Waals surface area (Å²) in [6, 6.07) is 7.73. The van der Waals surface area contributed by atoms with Gasteiger partial charge >= 0.3 is 0 Å². The van der Waals surface area contributed by atoms with Gasteiger partial charge in [0, 0.05) is 23.2 Å². The van der Waals surface area contributed by atoms with E-state index < -0.39 is 40.5 Å². The minimum Gasteiger partial charge on any atom is -0.360 e. The molecular formula is C26H29ClN4O5. The van der Waals surface area contributed by atoms with E-state index in [1.165, 1.54) is 4.90 Å². The van der Waals surface area contributed by atoms with E-state index in [9.17, 15) is 14.4 Å². The van der Waals surface area contributed by atoms with Gasteiger partial charge in [-0.1, -0.05) is 41.0 Å². The summed E-state index contributed by atoms with van der Waals surface area (Å²) in [5, 5.41) is 10.2. The van der Waals surface area contributed by atoms with Crippen LogP contribution in [-0.2, 0) is 25.7 Å². The van der Waals surface area contributed by atoms with E-state index in [1.54, 1.807) is 44.2 Å². The van der Waals surface area contributed by atoms with Gasteiger partial charge in [-0.05, 0) is 52.3 Å². The highest BCUT2D eigenvalue weighted by molar-refractivity contribution is 6.30. The Labute approximate surface area is 214 Å². The fourth-order valence-corrected chi connectivity index (χ4v) is 5.78. The summed E-state index contributed by atoms with van der Waals surface area (Å²) < 4.78 is 11.6. The summed E-state index contributed by atoms with van der Waals surface area (Å²) >= 11 is 6.04. The Hall–Kier alpha value is -3.17. The zero-order valence-corrected chi connectivity index (χ0v) is 21.6. The minimum absolute atomic E-state index is 0.168. The molecule has 3 aliphatic rings. The maximum atomic E-state index is 14.0. The summed E-state index contributed by atoms with van der Waals surface area (Å²) in [6.07, 6.45) is 3.58. The van der Waals surface area contributed by atoms with Crippen LogP contribution in [0.1, 0.15) is 39.0 Å². The molecule has 3 aliphatic heterocycles. The number of aromatic nitrogens is 1. The molecule has 2 fully saturated rings. The third kappa shape index (κ3) is 3.90. The normalized spacial score (nSPS) is 30.6. The number of nitrogens with one attached hydrogen (secondary N) is 2. The summed E-state index contributed by atoms with van der Waals surface area (Å²) in [5.41, 5.74) is -2.07. The van der Waals surface area contributed by atoms with Gasteiger partial charge in [-0.2, -0.15) is 0 Å². The van der Waals surface area contributed by atoms with Crippen LogP contribution >= 0.6 is 11.6 Å². The number of rotatable bonds is 5. The number of benzene rings is 1. The topological polar surface area (TPSA) is 114 Å². The molecule has 0 saturated carbocycles. The second kappa shape index (κ2) is 8.18. The Kier molecular flexibility index (Phi) is 5.57. The highest BCUT2D eigenvalue weighted by Gasteiger charge is 2.76. The van der Waals surface area contributed by atoms with Crippen LogP contribution in [0.15, 0.2) is 47.0 Å². The molecule has 1 aromatic carbocycles. The number of halogens is 1. The smallest absolute Gasteiger partial charge is 0.246 e. The SMILES string of the molecule is Cc1cc(NC(=O)[C@@H]2[C@@H]3C(=O)N(Cc4ccc(Cl)cc4)[C@H](C(=O)NC(C)(C)C)[C@@]34C=C[C@@]2(C)O4)no1. The maximum Gasteiger partial charge on any atom is 0.246 e. The van der Waals surface area contributed by atoms with Crippen molar-refractivity contribution < 1.29 is 23.6 Å². The highest BCUT2D eigenvalue weighted by atomic mass is 35.5. The second-order valence-electron chi connectivity index (χ2n) is 11.0. The Morgan fingerprint density at radius 2 is 1.86 bits per heavy atom. The first kappa shape index (κ1) is 24.5. The van der Waals surface area contributed by atoms with Crippen LogP contribution in [-0.4, -0.2) is 50.6 Å². The van der Waals surface area contributed by atoms with Crippen molar-refractivity contribution in [2.45, 2.75) is 63.9 Å². The van der Waals surface area contributed by atoms with E-state index in [0.717, 1.165) is 5.56 Å². The number of carbonyl (C=O) groups excluding carboxylic acids is 3. The number of ether oxygens (including phenoxy) is 1. The van der Waals surface area contributed by atoms with Crippen LogP contribution in [0.5, 0.6) is 0 Å². The third-order valence-corrected chi connectivity index (χ3v) is 7.22. The Morgan fingerprint density at radius 1 is 1.17 bits per heavy atom. The van der Waals surface area contributed by atoms with Crippen LogP contribution in [0.25, 0.3) is 0 Å². The summed E-state index contributed by atoms with van der Waals surface area (Å²) in [5.74, 6) is -2.03. The summed E-state index contributed by atoms with van der Waals surface area (Å²) in [7, 11) is 0. The number of fused-ring (bicyclic) bond motifs is 1. The van der Waals surface area contributed by atoms with Gasteiger partial charge in [-0.3, -0.25) is 14.4 Å². The van der Waals surface area contributed by atoms with Crippen molar-refractivity contribution in [3.63, 3.8) is 0 Å². The van der Waals surface area contributed by atoms with Crippen molar-refractivity contribution in [3.8, 4) is 0 Å². The van der Waals surface area contributed by atoms with Crippen molar-refractivity contribution in [1.29, 1.82) is 0 Å². The fraction of sp³-hybridized carbons (Fsp3) is 0.462. The van der Waals surface area contributed by atoms with Crippen molar-refractivity contribution >= 4 is 35.1 Å².